The zero-order chi connectivity index (χ0) is 26.1. The van der Waals surface area contributed by atoms with E-state index < -0.39 is 23.9 Å². The number of carbonyl (C=O) groups excluding carboxylic acids is 2. The summed E-state index contributed by atoms with van der Waals surface area (Å²) in [7, 11) is 0. The SMILES string of the molecule is CCCCCCCCCCCC(=O)O[C@@]1(C(=O)CCCCCCCCCCC)CO[C@@H]2[C@H](O)CO[C@@H]21. The third kappa shape index (κ3) is 10.4. The Kier molecular flexibility index (Phi) is 15.9. The summed E-state index contributed by atoms with van der Waals surface area (Å²) in [4.78, 5) is 26.1. The van der Waals surface area contributed by atoms with Crippen LogP contribution in [0.5, 0.6) is 0 Å². The van der Waals surface area contributed by atoms with Crippen molar-refractivity contribution in [3.05, 3.63) is 0 Å². The number of aliphatic hydroxyl groups excluding tert-OH is 1. The Morgan fingerprint density at radius 2 is 1.19 bits per heavy atom. The lowest BCUT2D eigenvalue weighted by Crippen LogP contribution is -2.54. The van der Waals surface area contributed by atoms with Crippen molar-refractivity contribution >= 4 is 11.8 Å². The van der Waals surface area contributed by atoms with Gasteiger partial charge in [0.15, 0.2) is 5.78 Å². The number of Topliss-reactive ketones (excluding diaryl/α,β-unsaturated/α-hetero) is 1. The fourth-order valence-electron chi connectivity index (χ4n) is 5.52. The van der Waals surface area contributed by atoms with Gasteiger partial charge >= 0.3 is 5.97 Å². The van der Waals surface area contributed by atoms with Gasteiger partial charge in [-0.05, 0) is 12.8 Å². The summed E-state index contributed by atoms with van der Waals surface area (Å²) in [5.74, 6) is -0.472. The van der Waals surface area contributed by atoms with E-state index in [1.165, 1.54) is 77.0 Å². The van der Waals surface area contributed by atoms with E-state index in [1.807, 2.05) is 0 Å². The van der Waals surface area contributed by atoms with Gasteiger partial charge in [-0.1, -0.05) is 117 Å². The number of aliphatic hydroxyl groups is 1. The summed E-state index contributed by atoms with van der Waals surface area (Å²) in [5, 5.41) is 10.2. The van der Waals surface area contributed by atoms with Crippen LogP contribution in [-0.4, -0.2) is 54.0 Å². The zero-order valence-electron chi connectivity index (χ0n) is 23.3. The Morgan fingerprint density at radius 3 is 1.72 bits per heavy atom. The lowest BCUT2D eigenvalue weighted by atomic mass is 9.88. The minimum atomic E-state index is -1.40. The van der Waals surface area contributed by atoms with E-state index in [9.17, 15) is 14.7 Å². The van der Waals surface area contributed by atoms with Gasteiger partial charge in [0.05, 0.1) is 13.2 Å². The molecular formula is C30H54O6. The first-order valence-electron chi connectivity index (χ1n) is 15.2. The predicted molar refractivity (Wildman–Crippen MR) is 143 cm³/mol. The topological polar surface area (TPSA) is 82.1 Å². The van der Waals surface area contributed by atoms with Crippen molar-refractivity contribution < 1.29 is 28.9 Å². The van der Waals surface area contributed by atoms with Crippen LogP contribution in [-0.2, 0) is 23.8 Å². The van der Waals surface area contributed by atoms with Crippen molar-refractivity contribution in [1.29, 1.82) is 0 Å². The van der Waals surface area contributed by atoms with Crippen molar-refractivity contribution in [2.75, 3.05) is 13.2 Å². The molecule has 210 valence electrons. The molecule has 6 heteroatoms. The molecule has 0 saturated carbocycles. The normalized spacial score (nSPS) is 25.2. The van der Waals surface area contributed by atoms with Gasteiger partial charge in [0.25, 0.3) is 0 Å². The standard InChI is InChI=1S/C30H54O6/c1-3-5-7-9-11-13-15-17-19-21-26(32)30(24-35-28-25(31)23-34-29(28)30)36-27(33)22-20-18-16-14-12-10-8-6-4-2/h25,28-29,31H,3-24H2,1-2H3/t25-,28-,29+,30-/m1/s1. The minimum Gasteiger partial charge on any atom is -0.446 e. The molecule has 2 aliphatic heterocycles. The number of esters is 1. The van der Waals surface area contributed by atoms with E-state index in [4.69, 9.17) is 14.2 Å². The first-order valence-corrected chi connectivity index (χ1v) is 15.2. The molecule has 1 N–H and O–H groups in total. The molecule has 2 fully saturated rings. The van der Waals surface area contributed by atoms with Crippen molar-refractivity contribution in [1.82, 2.24) is 0 Å². The Bertz CT molecular complexity index is 608. The molecule has 4 atom stereocenters. The first-order chi connectivity index (χ1) is 17.5. The van der Waals surface area contributed by atoms with Crippen molar-refractivity contribution in [2.24, 2.45) is 0 Å². The van der Waals surface area contributed by atoms with Crippen LogP contribution in [0.3, 0.4) is 0 Å². The average Bonchev–Trinajstić information content (AvgIpc) is 3.43. The van der Waals surface area contributed by atoms with Crippen LogP contribution in [0.15, 0.2) is 0 Å². The van der Waals surface area contributed by atoms with Gasteiger partial charge in [-0.15, -0.1) is 0 Å². The van der Waals surface area contributed by atoms with Gasteiger partial charge in [0.2, 0.25) is 5.60 Å². The number of rotatable bonds is 22. The van der Waals surface area contributed by atoms with Gasteiger partial charge in [-0.3, -0.25) is 9.59 Å². The van der Waals surface area contributed by atoms with E-state index >= 15 is 0 Å². The highest BCUT2D eigenvalue weighted by Crippen LogP contribution is 2.39. The Labute approximate surface area is 220 Å². The monoisotopic (exact) mass is 510 g/mol. The second kappa shape index (κ2) is 18.3. The fraction of sp³-hybridized carbons (Fsp3) is 0.933. The third-order valence-corrected chi connectivity index (χ3v) is 7.83. The van der Waals surface area contributed by atoms with Gasteiger partial charge < -0.3 is 19.3 Å². The van der Waals surface area contributed by atoms with E-state index in [1.54, 1.807) is 0 Å². The molecule has 0 aromatic heterocycles. The number of carbonyl (C=O) groups is 2. The number of ether oxygens (including phenoxy) is 3. The van der Waals surface area contributed by atoms with E-state index in [0.29, 0.717) is 12.8 Å². The second-order valence-corrected chi connectivity index (χ2v) is 11.0. The predicted octanol–water partition coefficient (Wildman–Crippen LogP) is 6.84. The zero-order valence-corrected chi connectivity index (χ0v) is 23.3. The molecule has 0 unspecified atom stereocenters. The number of hydrogen-bond acceptors (Lipinski definition) is 6. The maximum atomic E-state index is 13.4. The van der Waals surface area contributed by atoms with Crippen molar-refractivity contribution in [2.45, 2.75) is 166 Å². The van der Waals surface area contributed by atoms with Crippen molar-refractivity contribution in [3.63, 3.8) is 0 Å². The molecule has 0 aromatic carbocycles. The highest BCUT2D eigenvalue weighted by Gasteiger charge is 2.62. The van der Waals surface area contributed by atoms with Gasteiger partial charge in [0, 0.05) is 12.8 Å². The molecule has 0 aromatic rings. The molecule has 0 radical (unpaired) electrons. The second-order valence-electron chi connectivity index (χ2n) is 11.0. The molecule has 36 heavy (non-hydrogen) atoms. The average molecular weight is 511 g/mol. The van der Waals surface area contributed by atoms with Crippen LogP contribution in [0.1, 0.15) is 142 Å². The highest BCUT2D eigenvalue weighted by molar-refractivity contribution is 5.91. The molecule has 0 amide bonds. The maximum absolute atomic E-state index is 13.4. The van der Waals surface area contributed by atoms with Crippen LogP contribution in [0.25, 0.3) is 0 Å². The van der Waals surface area contributed by atoms with Crippen LogP contribution >= 0.6 is 0 Å². The number of fused-ring (bicyclic) bond motifs is 1. The van der Waals surface area contributed by atoms with E-state index in [2.05, 4.69) is 13.8 Å². The van der Waals surface area contributed by atoms with Gasteiger partial charge in [-0.2, -0.15) is 0 Å². The lowest BCUT2D eigenvalue weighted by molar-refractivity contribution is -0.178. The smallest absolute Gasteiger partial charge is 0.306 e. The molecule has 2 aliphatic rings. The van der Waals surface area contributed by atoms with E-state index in [-0.39, 0.29) is 25.0 Å². The minimum absolute atomic E-state index is 0.0147. The lowest BCUT2D eigenvalue weighted by Gasteiger charge is -2.31. The van der Waals surface area contributed by atoms with Crippen LogP contribution < -0.4 is 0 Å². The number of ketones is 1. The largest absolute Gasteiger partial charge is 0.446 e. The fourth-order valence-corrected chi connectivity index (χ4v) is 5.52. The molecule has 0 spiro atoms. The van der Waals surface area contributed by atoms with Gasteiger partial charge in [-0.25, -0.2) is 0 Å². The summed E-state index contributed by atoms with van der Waals surface area (Å²) in [6.07, 6.45) is 19.7. The number of unbranched alkanes of at least 4 members (excludes halogenated alkanes) is 16. The highest BCUT2D eigenvalue weighted by atomic mass is 16.6. The molecule has 2 saturated heterocycles. The summed E-state index contributed by atoms with van der Waals surface area (Å²) in [5.41, 5.74) is -1.40. The molecule has 0 bridgehead atoms. The summed E-state index contributed by atoms with van der Waals surface area (Å²) in [6.45, 7) is 4.55. The quantitative estimate of drug-likeness (QED) is 0.127. The van der Waals surface area contributed by atoms with E-state index in [0.717, 1.165) is 38.5 Å². The van der Waals surface area contributed by atoms with Gasteiger partial charge in [0.1, 0.15) is 18.3 Å². The Hall–Kier alpha value is -0.980. The summed E-state index contributed by atoms with van der Waals surface area (Å²) in [6, 6.07) is 0. The molecule has 6 nitrogen and oxygen atoms in total. The Balaban J connectivity index is 1.73. The molecular weight excluding hydrogens is 456 g/mol. The van der Waals surface area contributed by atoms with Crippen LogP contribution in [0.4, 0.5) is 0 Å². The van der Waals surface area contributed by atoms with Crippen molar-refractivity contribution in [3.8, 4) is 0 Å². The summed E-state index contributed by atoms with van der Waals surface area (Å²) < 4.78 is 17.4. The molecule has 2 heterocycles. The molecule has 2 rings (SSSR count). The third-order valence-electron chi connectivity index (χ3n) is 7.83. The summed E-state index contributed by atoms with van der Waals surface area (Å²) >= 11 is 0. The first kappa shape index (κ1) is 31.2. The van der Waals surface area contributed by atoms with Crippen LogP contribution in [0, 0.1) is 0 Å². The molecule has 0 aliphatic carbocycles. The van der Waals surface area contributed by atoms with Crippen LogP contribution in [0.2, 0.25) is 0 Å². The number of hydrogen-bond donors (Lipinski definition) is 1. The Morgan fingerprint density at radius 1 is 0.722 bits per heavy atom. The maximum Gasteiger partial charge on any atom is 0.306 e.